The second kappa shape index (κ2) is 8.29. The van der Waals surface area contributed by atoms with Crippen LogP contribution < -0.4 is 0 Å². The van der Waals surface area contributed by atoms with E-state index in [0.717, 1.165) is 5.56 Å². The molecule has 2 saturated heterocycles. The molecule has 7 heteroatoms. The molecule has 2 aliphatic heterocycles. The van der Waals surface area contributed by atoms with Crippen LogP contribution in [0.1, 0.15) is 51.0 Å². The van der Waals surface area contributed by atoms with Gasteiger partial charge in [-0.25, -0.2) is 8.42 Å². The second-order valence-electron chi connectivity index (χ2n) is 7.96. The lowest BCUT2D eigenvalue weighted by molar-refractivity contribution is -0.138. The summed E-state index contributed by atoms with van der Waals surface area (Å²) in [4.78, 5) is 14.8. The maximum absolute atomic E-state index is 12.9. The number of hydrogen-bond acceptors (Lipinski definition) is 4. The molecule has 2 heterocycles. The second-order valence-corrected chi connectivity index (χ2v) is 9.90. The molecule has 0 bridgehead atoms. The number of benzene rings is 1. The summed E-state index contributed by atoms with van der Waals surface area (Å²) < 4.78 is 27.3. The number of sulfonamides is 1. The van der Waals surface area contributed by atoms with Crippen LogP contribution in [0.5, 0.6) is 0 Å². The van der Waals surface area contributed by atoms with Gasteiger partial charge in [0.25, 0.3) is 0 Å². The molecule has 1 aromatic rings. The Hall–Kier alpha value is -1.44. The molecule has 0 atom stereocenters. The van der Waals surface area contributed by atoms with E-state index >= 15 is 0 Å². The number of nitrogens with zero attached hydrogens (tertiary/aromatic N) is 2. The number of amides is 1. The molecule has 3 rings (SSSR count). The van der Waals surface area contributed by atoms with Gasteiger partial charge in [-0.2, -0.15) is 4.31 Å². The Morgan fingerprint density at radius 1 is 1.00 bits per heavy atom. The van der Waals surface area contributed by atoms with Crippen molar-refractivity contribution in [3.8, 4) is 0 Å². The SMILES string of the molecule is CC(C)c1ccc(S(=O)(=O)N2CCC(C(=O)N3CCC(O)CC3)CC2)cc1. The molecule has 6 nitrogen and oxygen atoms in total. The topological polar surface area (TPSA) is 77.9 Å². The highest BCUT2D eigenvalue weighted by Gasteiger charge is 2.34. The first-order valence-corrected chi connectivity index (χ1v) is 11.3. The number of hydrogen-bond donors (Lipinski definition) is 1. The van der Waals surface area contributed by atoms with Crippen LogP contribution in [-0.2, 0) is 14.8 Å². The van der Waals surface area contributed by atoms with E-state index in [1.807, 2.05) is 17.0 Å². The van der Waals surface area contributed by atoms with Crippen molar-refractivity contribution in [2.75, 3.05) is 26.2 Å². The van der Waals surface area contributed by atoms with E-state index in [1.54, 1.807) is 12.1 Å². The lowest BCUT2D eigenvalue weighted by Crippen LogP contribution is -2.47. The number of carbonyl (C=O) groups is 1. The smallest absolute Gasteiger partial charge is 0.243 e. The zero-order valence-corrected chi connectivity index (χ0v) is 17.0. The van der Waals surface area contributed by atoms with Crippen LogP contribution in [0, 0.1) is 5.92 Å². The molecule has 2 fully saturated rings. The van der Waals surface area contributed by atoms with E-state index in [9.17, 15) is 18.3 Å². The van der Waals surface area contributed by atoms with Gasteiger partial charge >= 0.3 is 0 Å². The maximum atomic E-state index is 12.9. The Labute approximate surface area is 162 Å². The lowest BCUT2D eigenvalue weighted by Gasteiger charge is -2.36. The van der Waals surface area contributed by atoms with Gasteiger partial charge in [-0.05, 0) is 49.3 Å². The van der Waals surface area contributed by atoms with Gasteiger partial charge in [-0.1, -0.05) is 26.0 Å². The zero-order chi connectivity index (χ0) is 19.6. The van der Waals surface area contributed by atoms with Gasteiger partial charge in [0, 0.05) is 32.1 Å². The third-order valence-electron chi connectivity index (χ3n) is 5.76. The van der Waals surface area contributed by atoms with E-state index in [1.165, 1.54) is 4.31 Å². The number of carbonyl (C=O) groups excluding carboxylic acids is 1. The fraction of sp³-hybridized carbons (Fsp3) is 0.650. The number of likely N-dealkylation sites (tertiary alicyclic amines) is 1. The fourth-order valence-electron chi connectivity index (χ4n) is 3.86. The molecule has 150 valence electrons. The lowest BCUT2D eigenvalue weighted by atomic mass is 9.95. The molecule has 1 N–H and O–H groups in total. The Balaban J connectivity index is 1.60. The maximum Gasteiger partial charge on any atom is 0.243 e. The third kappa shape index (κ3) is 4.52. The first-order chi connectivity index (χ1) is 12.8. The van der Waals surface area contributed by atoms with Gasteiger partial charge in [0.2, 0.25) is 15.9 Å². The minimum atomic E-state index is -3.51. The average molecular weight is 395 g/mol. The van der Waals surface area contributed by atoms with E-state index in [-0.39, 0.29) is 17.9 Å². The van der Waals surface area contributed by atoms with Crippen molar-refractivity contribution in [3.05, 3.63) is 29.8 Å². The summed E-state index contributed by atoms with van der Waals surface area (Å²) in [5, 5.41) is 9.59. The minimum Gasteiger partial charge on any atom is -0.393 e. The molecule has 0 unspecified atom stereocenters. The summed E-state index contributed by atoms with van der Waals surface area (Å²) in [6, 6.07) is 7.11. The summed E-state index contributed by atoms with van der Waals surface area (Å²) in [7, 11) is -3.51. The van der Waals surface area contributed by atoms with Crippen molar-refractivity contribution in [3.63, 3.8) is 0 Å². The standard InChI is InChI=1S/C20H30N2O4S/c1-15(2)16-3-5-19(6-4-16)27(25,26)22-13-7-17(8-14-22)20(24)21-11-9-18(23)10-12-21/h3-6,15,17-18,23H,7-14H2,1-2H3. The molecule has 2 aliphatic rings. The number of piperidine rings is 2. The largest absolute Gasteiger partial charge is 0.393 e. The van der Waals surface area contributed by atoms with Gasteiger partial charge in [-0.3, -0.25) is 4.79 Å². The Morgan fingerprint density at radius 3 is 2.07 bits per heavy atom. The van der Waals surface area contributed by atoms with E-state index in [2.05, 4.69) is 13.8 Å². The quantitative estimate of drug-likeness (QED) is 0.849. The molecule has 1 amide bonds. The van der Waals surface area contributed by atoms with E-state index in [0.29, 0.717) is 62.7 Å². The van der Waals surface area contributed by atoms with E-state index < -0.39 is 10.0 Å². The molecule has 0 radical (unpaired) electrons. The van der Waals surface area contributed by atoms with Crippen LogP contribution >= 0.6 is 0 Å². The number of aliphatic hydroxyl groups is 1. The van der Waals surface area contributed by atoms with Crippen molar-refractivity contribution >= 4 is 15.9 Å². The molecule has 27 heavy (non-hydrogen) atoms. The summed E-state index contributed by atoms with van der Waals surface area (Å²) in [5.41, 5.74) is 1.12. The summed E-state index contributed by atoms with van der Waals surface area (Å²) in [6.07, 6.45) is 2.07. The van der Waals surface area contributed by atoms with Crippen LogP contribution in [0.15, 0.2) is 29.2 Å². The molecule has 1 aromatic carbocycles. The molecule has 0 spiro atoms. The van der Waals surface area contributed by atoms with E-state index in [4.69, 9.17) is 0 Å². The first kappa shape index (κ1) is 20.3. The predicted octanol–water partition coefficient (Wildman–Crippen LogP) is 2.19. The van der Waals surface area contributed by atoms with Crippen LogP contribution in [0.4, 0.5) is 0 Å². The normalized spacial score (nSPS) is 21.0. The minimum absolute atomic E-state index is 0.111. The predicted molar refractivity (Wildman–Crippen MR) is 104 cm³/mol. The summed E-state index contributed by atoms with van der Waals surface area (Å²) in [6.45, 7) is 6.10. The Morgan fingerprint density at radius 2 is 1.56 bits per heavy atom. The summed E-state index contributed by atoms with van der Waals surface area (Å²) in [5.74, 6) is 0.356. The van der Waals surface area contributed by atoms with Crippen LogP contribution in [-0.4, -0.2) is 60.9 Å². The molecule has 0 aromatic heterocycles. The van der Waals surface area contributed by atoms with Gasteiger partial charge < -0.3 is 10.0 Å². The summed E-state index contributed by atoms with van der Waals surface area (Å²) >= 11 is 0. The first-order valence-electron chi connectivity index (χ1n) is 9.86. The van der Waals surface area contributed by atoms with Crippen LogP contribution in [0.2, 0.25) is 0 Å². The fourth-order valence-corrected chi connectivity index (χ4v) is 5.33. The van der Waals surface area contributed by atoms with Crippen molar-refractivity contribution in [1.82, 2.24) is 9.21 Å². The van der Waals surface area contributed by atoms with Crippen molar-refractivity contribution in [1.29, 1.82) is 0 Å². The zero-order valence-electron chi connectivity index (χ0n) is 16.2. The Bertz CT molecular complexity index is 745. The van der Waals surface area contributed by atoms with Gasteiger partial charge in [0.1, 0.15) is 0 Å². The van der Waals surface area contributed by atoms with Crippen molar-refractivity contribution in [2.45, 2.75) is 56.4 Å². The third-order valence-corrected chi connectivity index (χ3v) is 7.68. The van der Waals surface area contributed by atoms with Gasteiger partial charge in [0.05, 0.1) is 11.0 Å². The highest BCUT2D eigenvalue weighted by Crippen LogP contribution is 2.27. The average Bonchev–Trinajstić information content (AvgIpc) is 2.68. The van der Waals surface area contributed by atoms with Crippen molar-refractivity contribution in [2.24, 2.45) is 5.92 Å². The molecular formula is C20H30N2O4S. The highest BCUT2D eigenvalue weighted by molar-refractivity contribution is 7.89. The molecular weight excluding hydrogens is 364 g/mol. The van der Waals surface area contributed by atoms with Crippen molar-refractivity contribution < 1.29 is 18.3 Å². The van der Waals surface area contributed by atoms with Crippen LogP contribution in [0.25, 0.3) is 0 Å². The van der Waals surface area contributed by atoms with Gasteiger partial charge in [-0.15, -0.1) is 0 Å². The molecule has 0 aliphatic carbocycles. The molecule has 0 saturated carbocycles. The Kier molecular flexibility index (Phi) is 6.23. The highest BCUT2D eigenvalue weighted by atomic mass is 32.2. The van der Waals surface area contributed by atoms with Crippen LogP contribution in [0.3, 0.4) is 0 Å². The number of rotatable bonds is 4. The monoisotopic (exact) mass is 394 g/mol. The number of aliphatic hydroxyl groups excluding tert-OH is 1. The van der Waals surface area contributed by atoms with Gasteiger partial charge in [0.15, 0.2) is 0 Å².